The Kier molecular flexibility index (Phi) is 5.59. The Morgan fingerprint density at radius 3 is 2.54 bits per heavy atom. The van der Waals surface area contributed by atoms with Crippen LogP contribution in [0.25, 0.3) is 0 Å². The lowest BCUT2D eigenvalue weighted by atomic mass is 9.95. The molecule has 1 aliphatic rings. The molecule has 126 valence electrons. The van der Waals surface area contributed by atoms with E-state index >= 15 is 0 Å². The zero-order chi connectivity index (χ0) is 16.9. The molecule has 1 aromatic carbocycles. The Labute approximate surface area is 151 Å². The first-order valence-electron chi connectivity index (χ1n) is 8.11. The van der Waals surface area contributed by atoms with E-state index < -0.39 is 0 Å². The van der Waals surface area contributed by atoms with Crippen molar-refractivity contribution in [3.63, 3.8) is 0 Å². The van der Waals surface area contributed by atoms with Gasteiger partial charge in [0.05, 0.1) is 16.3 Å². The van der Waals surface area contributed by atoms with Crippen molar-refractivity contribution in [2.75, 3.05) is 10.6 Å². The molecule has 0 saturated heterocycles. The number of pyridine rings is 1. The quantitative estimate of drug-likeness (QED) is 0.765. The van der Waals surface area contributed by atoms with E-state index in [1.165, 1.54) is 32.1 Å². The number of aromatic nitrogens is 1. The number of halogens is 2. The van der Waals surface area contributed by atoms with Gasteiger partial charge in [-0.05, 0) is 43.2 Å². The van der Waals surface area contributed by atoms with Crippen LogP contribution in [0.1, 0.15) is 42.5 Å². The van der Waals surface area contributed by atoms with Crippen molar-refractivity contribution in [3.8, 4) is 0 Å². The molecule has 3 rings (SSSR count). The van der Waals surface area contributed by atoms with Crippen molar-refractivity contribution in [1.82, 2.24) is 4.98 Å². The summed E-state index contributed by atoms with van der Waals surface area (Å²) in [6.45, 7) is 0. The van der Waals surface area contributed by atoms with E-state index in [9.17, 15) is 4.79 Å². The van der Waals surface area contributed by atoms with Gasteiger partial charge in [0.2, 0.25) is 0 Å². The van der Waals surface area contributed by atoms with Crippen LogP contribution >= 0.6 is 23.2 Å². The maximum absolute atomic E-state index is 12.3. The van der Waals surface area contributed by atoms with E-state index in [-0.39, 0.29) is 5.91 Å². The predicted molar refractivity (Wildman–Crippen MR) is 99.1 cm³/mol. The van der Waals surface area contributed by atoms with Crippen LogP contribution in [0.4, 0.5) is 11.5 Å². The fraction of sp³-hybridized carbons (Fsp3) is 0.333. The first-order chi connectivity index (χ1) is 11.6. The molecular formula is C18H19Cl2N3O. The number of hydrogen-bond donors (Lipinski definition) is 2. The summed E-state index contributed by atoms with van der Waals surface area (Å²) in [4.78, 5) is 16.6. The molecule has 1 heterocycles. The van der Waals surface area contributed by atoms with Crippen LogP contribution in [0.3, 0.4) is 0 Å². The molecule has 0 atom stereocenters. The number of benzene rings is 1. The minimum atomic E-state index is -0.254. The molecule has 0 spiro atoms. The second kappa shape index (κ2) is 7.86. The number of nitrogens with zero attached hydrogens (tertiary/aromatic N) is 1. The van der Waals surface area contributed by atoms with Gasteiger partial charge in [0.25, 0.3) is 5.91 Å². The summed E-state index contributed by atoms with van der Waals surface area (Å²) in [5, 5.41) is 7.13. The summed E-state index contributed by atoms with van der Waals surface area (Å²) in [5.41, 5.74) is 1.01. The van der Waals surface area contributed by atoms with Crippen LogP contribution in [0.15, 0.2) is 36.5 Å². The highest BCUT2D eigenvalue weighted by molar-refractivity contribution is 6.36. The molecule has 2 aromatic rings. The lowest BCUT2D eigenvalue weighted by Crippen LogP contribution is -2.23. The average molecular weight is 364 g/mol. The Hall–Kier alpha value is -1.78. The van der Waals surface area contributed by atoms with Gasteiger partial charge in [0, 0.05) is 17.3 Å². The van der Waals surface area contributed by atoms with Crippen LogP contribution in [-0.4, -0.2) is 16.9 Å². The molecule has 6 heteroatoms. The van der Waals surface area contributed by atoms with E-state index in [1.54, 1.807) is 30.5 Å². The van der Waals surface area contributed by atoms with Crippen LogP contribution in [-0.2, 0) is 0 Å². The van der Waals surface area contributed by atoms with Crippen LogP contribution in [0.2, 0.25) is 10.0 Å². The van der Waals surface area contributed by atoms with Gasteiger partial charge in [0.1, 0.15) is 5.82 Å². The maximum Gasteiger partial charge on any atom is 0.257 e. The standard InChI is InChI=1S/C18H19Cl2N3O/c19-13-7-8-16(15(20)10-13)23-18(24)12-6-9-17(21-11-12)22-14-4-2-1-3-5-14/h6-11,14H,1-5H2,(H,21,22)(H,23,24). The molecule has 24 heavy (non-hydrogen) atoms. The van der Waals surface area contributed by atoms with Crippen LogP contribution in [0, 0.1) is 0 Å². The summed E-state index contributed by atoms with van der Waals surface area (Å²) in [5.74, 6) is 0.555. The molecule has 1 aliphatic carbocycles. The zero-order valence-corrected chi connectivity index (χ0v) is 14.7. The fourth-order valence-corrected chi connectivity index (χ4v) is 3.31. The molecule has 0 aliphatic heterocycles. The third kappa shape index (κ3) is 4.40. The molecule has 1 aromatic heterocycles. The zero-order valence-electron chi connectivity index (χ0n) is 13.2. The van der Waals surface area contributed by atoms with E-state index in [0.29, 0.717) is 27.3 Å². The van der Waals surface area contributed by atoms with Gasteiger partial charge < -0.3 is 10.6 Å². The molecule has 1 fully saturated rings. The molecule has 0 unspecified atom stereocenters. The third-order valence-corrected chi connectivity index (χ3v) is 4.71. The van der Waals surface area contributed by atoms with E-state index in [1.807, 2.05) is 6.07 Å². The fourth-order valence-electron chi connectivity index (χ4n) is 2.85. The monoisotopic (exact) mass is 363 g/mol. The Bertz CT molecular complexity index is 713. The predicted octanol–water partition coefficient (Wildman–Crippen LogP) is 5.39. The minimum absolute atomic E-state index is 0.254. The first-order valence-corrected chi connectivity index (χ1v) is 8.86. The van der Waals surface area contributed by atoms with E-state index in [0.717, 1.165) is 5.82 Å². The lowest BCUT2D eigenvalue weighted by Gasteiger charge is -2.23. The Morgan fingerprint density at radius 2 is 1.88 bits per heavy atom. The maximum atomic E-state index is 12.3. The molecule has 1 amide bonds. The highest BCUT2D eigenvalue weighted by Crippen LogP contribution is 2.26. The second-order valence-electron chi connectivity index (χ2n) is 5.99. The summed E-state index contributed by atoms with van der Waals surface area (Å²) in [6, 6.07) is 9.03. The van der Waals surface area contributed by atoms with Gasteiger partial charge in [-0.15, -0.1) is 0 Å². The van der Waals surface area contributed by atoms with Crippen LogP contribution in [0.5, 0.6) is 0 Å². The van der Waals surface area contributed by atoms with Gasteiger partial charge in [-0.3, -0.25) is 4.79 Å². The smallest absolute Gasteiger partial charge is 0.257 e. The number of carbonyl (C=O) groups excluding carboxylic acids is 1. The van der Waals surface area contributed by atoms with Crippen molar-refractivity contribution in [1.29, 1.82) is 0 Å². The van der Waals surface area contributed by atoms with Gasteiger partial charge in [0.15, 0.2) is 0 Å². The minimum Gasteiger partial charge on any atom is -0.367 e. The first kappa shape index (κ1) is 17.1. The summed E-state index contributed by atoms with van der Waals surface area (Å²) in [6.07, 6.45) is 7.78. The third-order valence-electron chi connectivity index (χ3n) is 4.16. The molecular weight excluding hydrogens is 345 g/mol. The average Bonchev–Trinajstić information content (AvgIpc) is 2.59. The number of rotatable bonds is 4. The summed E-state index contributed by atoms with van der Waals surface area (Å²) in [7, 11) is 0. The number of hydrogen-bond acceptors (Lipinski definition) is 3. The van der Waals surface area contributed by atoms with Gasteiger partial charge >= 0.3 is 0 Å². The van der Waals surface area contributed by atoms with E-state index in [2.05, 4.69) is 15.6 Å². The molecule has 4 nitrogen and oxygen atoms in total. The largest absolute Gasteiger partial charge is 0.367 e. The topological polar surface area (TPSA) is 54.0 Å². The van der Waals surface area contributed by atoms with Crippen molar-refractivity contribution >= 4 is 40.6 Å². The second-order valence-corrected chi connectivity index (χ2v) is 6.83. The Morgan fingerprint density at radius 1 is 1.08 bits per heavy atom. The van der Waals surface area contributed by atoms with Crippen molar-refractivity contribution in [3.05, 3.63) is 52.1 Å². The Balaban J connectivity index is 1.62. The highest BCUT2D eigenvalue weighted by atomic mass is 35.5. The number of carbonyl (C=O) groups is 1. The lowest BCUT2D eigenvalue weighted by molar-refractivity contribution is 0.102. The van der Waals surface area contributed by atoms with Gasteiger partial charge in [-0.2, -0.15) is 0 Å². The summed E-state index contributed by atoms with van der Waals surface area (Å²) < 4.78 is 0. The highest BCUT2D eigenvalue weighted by Gasteiger charge is 2.14. The molecule has 2 N–H and O–H groups in total. The van der Waals surface area contributed by atoms with Gasteiger partial charge in [-0.1, -0.05) is 42.5 Å². The normalized spacial score (nSPS) is 15.1. The van der Waals surface area contributed by atoms with E-state index in [4.69, 9.17) is 23.2 Å². The van der Waals surface area contributed by atoms with Crippen molar-refractivity contribution < 1.29 is 4.79 Å². The van der Waals surface area contributed by atoms with Crippen LogP contribution < -0.4 is 10.6 Å². The van der Waals surface area contributed by atoms with Gasteiger partial charge in [-0.25, -0.2) is 4.98 Å². The summed E-state index contributed by atoms with van der Waals surface area (Å²) >= 11 is 11.9. The number of nitrogens with one attached hydrogen (secondary N) is 2. The SMILES string of the molecule is O=C(Nc1ccc(Cl)cc1Cl)c1ccc(NC2CCCCC2)nc1. The molecule has 0 radical (unpaired) electrons. The molecule has 1 saturated carbocycles. The molecule has 0 bridgehead atoms. The number of amides is 1. The number of anilines is 2. The van der Waals surface area contributed by atoms with Crippen molar-refractivity contribution in [2.24, 2.45) is 0 Å². The van der Waals surface area contributed by atoms with Crippen molar-refractivity contribution in [2.45, 2.75) is 38.1 Å².